The number of pyridine rings is 1. The lowest BCUT2D eigenvalue weighted by molar-refractivity contribution is 0.112. The highest BCUT2D eigenvalue weighted by Gasteiger charge is 2.23. The van der Waals surface area contributed by atoms with Crippen LogP contribution in [0.5, 0.6) is 0 Å². The van der Waals surface area contributed by atoms with Crippen LogP contribution in [-0.4, -0.2) is 48.0 Å². The molecular formula is C21H27N5OS2. The predicted molar refractivity (Wildman–Crippen MR) is 130 cm³/mol. The van der Waals surface area contributed by atoms with Crippen molar-refractivity contribution in [3.8, 4) is 0 Å². The van der Waals surface area contributed by atoms with E-state index in [1.54, 1.807) is 30.5 Å². The van der Waals surface area contributed by atoms with Gasteiger partial charge in [0.25, 0.3) is 0 Å². The number of carbonyl (C=O) groups is 1. The molecule has 0 aliphatic carbocycles. The standard InChI is InChI=1S/C19H21N5OS2.C2H6/c1-5-15-13(23-12(2)26-15)6-8-20-11-22-18-16(10-25)27-19-17(18)14(24(3)4)7-9-21-19;1-2/h5-11,13,15H,1H2,2-4H3,(H,20,22);1-2H3/b8-6+;. The van der Waals surface area contributed by atoms with Gasteiger partial charge in [0.15, 0.2) is 6.29 Å². The number of aldehydes is 1. The van der Waals surface area contributed by atoms with Gasteiger partial charge in [0.05, 0.1) is 44.3 Å². The van der Waals surface area contributed by atoms with Gasteiger partial charge in [-0.05, 0) is 19.1 Å². The fraction of sp³-hybridized carbons (Fsp3) is 0.333. The Kier molecular flexibility index (Phi) is 8.60. The van der Waals surface area contributed by atoms with Crippen molar-refractivity contribution in [2.75, 3.05) is 24.3 Å². The molecule has 3 heterocycles. The van der Waals surface area contributed by atoms with Crippen LogP contribution in [0.3, 0.4) is 0 Å². The summed E-state index contributed by atoms with van der Waals surface area (Å²) in [6, 6.07) is 1.99. The monoisotopic (exact) mass is 429 g/mol. The molecule has 3 rings (SSSR count). The van der Waals surface area contributed by atoms with Gasteiger partial charge >= 0.3 is 0 Å². The summed E-state index contributed by atoms with van der Waals surface area (Å²) in [6.07, 6.45) is 9.76. The van der Waals surface area contributed by atoms with E-state index in [1.807, 2.05) is 58.0 Å². The van der Waals surface area contributed by atoms with Crippen molar-refractivity contribution in [3.05, 3.63) is 42.1 Å². The van der Waals surface area contributed by atoms with Gasteiger partial charge in [-0.15, -0.1) is 29.7 Å². The number of rotatable bonds is 7. The largest absolute Gasteiger partial charge is 0.377 e. The molecule has 2 unspecified atom stereocenters. The average molecular weight is 430 g/mol. The minimum Gasteiger partial charge on any atom is -0.377 e. The van der Waals surface area contributed by atoms with E-state index in [4.69, 9.17) is 0 Å². The predicted octanol–water partition coefficient (Wildman–Crippen LogP) is 5.24. The third kappa shape index (κ3) is 5.33. The minimum absolute atomic E-state index is 0.0571. The molecule has 2 atom stereocenters. The first-order valence-electron chi connectivity index (χ1n) is 9.37. The molecule has 0 saturated carbocycles. The highest BCUT2D eigenvalue weighted by Crippen LogP contribution is 2.38. The van der Waals surface area contributed by atoms with Crippen LogP contribution in [0.2, 0.25) is 0 Å². The summed E-state index contributed by atoms with van der Waals surface area (Å²) in [5, 5.41) is 5.38. The summed E-state index contributed by atoms with van der Waals surface area (Å²) < 4.78 is 0. The van der Waals surface area contributed by atoms with Crippen molar-refractivity contribution in [1.82, 2.24) is 4.98 Å². The lowest BCUT2D eigenvalue weighted by Gasteiger charge is -2.14. The number of hydrogen-bond donors (Lipinski definition) is 1. The highest BCUT2D eigenvalue weighted by molar-refractivity contribution is 8.14. The van der Waals surface area contributed by atoms with Crippen molar-refractivity contribution in [3.63, 3.8) is 0 Å². The molecule has 2 aromatic heterocycles. The number of aliphatic imine (C=N–C) groups is 2. The molecule has 8 heteroatoms. The van der Waals surface area contributed by atoms with E-state index in [1.165, 1.54) is 11.3 Å². The van der Waals surface area contributed by atoms with Gasteiger partial charge in [0.2, 0.25) is 0 Å². The summed E-state index contributed by atoms with van der Waals surface area (Å²) in [7, 11) is 3.93. The fourth-order valence-corrected chi connectivity index (χ4v) is 4.73. The zero-order chi connectivity index (χ0) is 21.4. The molecule has 1 N–H and O–H groups in total. The average Bonchev–Trinajstić information content (AvgIpc) is 3.28. The third-order valence-corrected chi connectivity index (χ3v) is 6.26. The van der Waals surface area contributed by atoms with Crippen LogP contribution < -0.4 is 10.2 Å². The van der Waals surface area contributed by atoms with E-state index in [-0.39, 0.29) is 11.3 Å². The molecule has 0 saturated heterocycles. The first-order chi connectivity index (χ1) is 14.0. The fourth-order valence-electron chi connectivity index (χ4n) is 2.83. The molecule has 2 aromatic rings. The van der Waals surface area contributed by atoms with Crippen LogP contribution in [0, 0.1) is 0 Å². The smallest absolute Gasteiger partial charge is 0.162 e. The first kappa shape index (κ1) is 22.8. The SMILES string of the molecule is C=CC1SC(C)=NC1/C=C/N=CNc1c(C=O)sc2nccc(N(C)C)c12.CC. The zero-order valence-electron chi connectivity index (χ0n) is 17.4. The van der Waals surface area contributed by atoms with E-state index < -0.39 is 0 Å². The van der Waals surface area contributed by atoms with Crippen molar-refractivity contribution >= 4 is 62.4 Å². The number of thiophene rings is 1. The van der Waals surface area contributed by atoms with Gasteiger partial charge in [-0.3, -0.25) is 9.79 Å². The van der Waals surface area contributed by atoms with Crippen molar-refractivity contribution in [1.29, 1.82) is 0 Å². The van der Waals surface area contributed by atoms with Crippen molar-refractivity contribution in [2.24, 2.45) is 9.98 Å². The summed E-state index contributed by atoms with van der Waals surface area (Å²) in [5.74, 6) is 0. The number of nitrogens with one attached hydrogen (secondary N) is 1. The second kappa shape index (κ2) is 10.9. The maximum Gasteiger partial charge on any atom is 0.162 e. The molecule has 6 nitrogen and oxygen atoms in total. The molecule has 0 spiro atoms. The summed E-state index contributed by atoms with van der Waals surface area (Å²) in [4.78, 5) is 28.1. The number of aromatic nitrogens is 1. The number of carbonyl (C=O) groups excluding carboxylic acids is 1. The van der Waals surface area contributed by atoms with Crippen LogP contribution in [-0.2, 0) is 0 Å². The van der Waals surface area contributed by atoms with Crippen LogP contribution in [0.4, 0.5) is 11.4 Å². The zero-order valence-corrected chi connectivity index (χ0v) is 19.0. The topological polar surface area (TPSA) is 70.0 Å². The molecule has 0 fully saturated rings. The Labute approximate surface area is 180 Å². The number of anilines is 2. The Hall–Kier alpha value is -2.45. The maximum absolute atomic E-state index is 11.5. The summed E-state index contributed by atoms with van der Waals surface area (Å²) in [5.41, 5.74) is 1.73. The first-order valence-corrected chi connectivity index (χ1v) is 11.1. The van der Waals surface area contributed by atoms with Gasteiger partial charge in [-0.25, -0.2) is 9.98 Å². The van der Waals surface area contributed by atoms with Gasteiger partial charge in [-0.2, -0.15) is 0 Å². The van der Waals surface area contributed by atoms with Gasteiger partial charge in [0.1, 0.15) is 4.83 Å². The third-order valence-electron chi connectivity index (χ3n) is 4.05. The number of thioether (sulfide) groups is 1. The minimum atomic E-state index is 0.0571. The summed E-state index contributed by atoms with van der Waals surface area (Å²) in [6.45, 7) is 9.85. The molecular weight excluding hydrogens is 402 g/mol. The molecule has 1 aliphatic rings. The van der Waals surface area contributed by atoms with Crippen molar-refractivity contribution < 1.29 is 4.79 Å². The number of fused-ring (bicyclic) bond motifs is 1. The van der Waals surface area contributed by atoms with Gasteiger partial charge < -0.3 is 10.2 Å². The Morgan fingerprint density at radius 1 is 1.34 bits per heavy atom. The Balaban J connectivity index is 0.00000145. The summed E-state index contributed by atoms with van der Waals surface area (Å²) >= 11 is 3.07. The van der Waals surface area contributed by atoms with Gasteiger partial charge in [-0.1, -0.05) is 19.9 Å². The van der Waals surface area contributed by atoms with E-state index >= 15 is 0 Å². The maximum atomic E-state index is 11.5. The Morgan fingerprint density at radius 3 is 2.76 bits per heavy atom. The highest BCUT2D eigenvalue weighted by atomic mass is 32.2. The van der Waals surface area contributed by atoms with Crippen LogP contribution in [0.15, 0.2) is 47.2 Å². The van der Waals surface area contributed by atoms with Crippen molar-refractivity contribution in [2.45, 2.75) is 32.1 Å². The second-order valence-electron chi connectivity index (χ2n) is 6.08. The Morgan fingerprint density at radius 2 is 2.10 bits per heavy atom. The van der Waals surface area contributed by atoms with E-state index in [0.29, 0.717) is 4.88 Å². The molecule has 154 valence electrons. The van der Waals surface area contributed by atoms with E-state index in [9.17, 15) is 4.79 Å². The van der Waals surface area contributed by atoms with Crippen LogP contribution >= 0.6 is 23.1 Å². The quantitative estimate of drug-likeness (QED) is 0.282. The van der Waals surface area contributed by atoms with E-state index in [2.05, 4.69) is 26.9 Å². The lowest BCUT2D eigenvalue weighted by Crippen LogP contribution is -2.11. The molecule has 0 bridgehead atoms. The molecule has 1 aliphatic heterocycles. The number of hydrogen-bond acceptors (Lipinski definition) is 7. The van der Waals surface area contributed by atoms with E-state index in [0.717, 1.165) is 32.9 Å². The number of nitrogens with zero attached hydrogens (tertiary/aromatic N) is 4. The molecule has 0 aromatic carbocycles. The Bertz CT molecular complexity index is 946. The second-order valence-corrected chi connectivity index (χ2v) is 8.49. The van der Waals surface area contributed by atoms with Crippen LogP contribution in [0.25, 0.3) is 10.2 Å². The molecule has 0 radical (unpaired) electrons. The normalized spacial score (nSPS) is 18.6. The lowest BCUT2D eigenvalue weighted by atomic mass is 10.2. The molecule has 29 heavy (non-hydrogen) atoms. The molecule has 0 amide bonds. The van der Waals surface area contributed by atoms with Crippen LogP contribution in [0.1, 0.15) is 30.4 Å². The van der Waals surface area contributed by atoms with Gasteiger partial charge in [0, 0.05) is 26.5 Å².